The summed E-state index contributed by atoms with van der Waals surface area (Å²) in [5, 5.41) is 12.1. The fourth-order valence-corrected chi connectivity index (χ4v) is 3.35. The Balaban J connectivity index is 1.79. The molecule has 1 aliphatic heterocycles. The van der Waals surface area contributed by atoms with Gasteiger partial charge in [-0.05, 0) is 32.6 Å². The summed E-state index contributed by atoms with van der Waals surface area (Å²) in [5.74, 6) is -1.02. The van der Waals surface area contributed by atoms with Crippen LogP contribution in [0, 0.1) is 5.92 Å². The minimum atomic E-state index is -1.09. The van der Waals surface area contributed by atoms with Crippen molar-refractivity contribution >= 4 is 17.8 Å². The van der Waals surface area contributed by atoms with Gasteiger partial charge in [0.25, 0.3) is 0 Å². The second-order valence-corrected chi connectivity index (χ2v) is 6.25. The van der Waals surface area contributed by atoms with Crippen LogP contribution in [0.3, 0.4) is 0 Å². The van der Waals surface area contributed by atoms with E-state index in [1.165, 1.54) is 4.90 Å². The van der Waals surface area contributed by atoms with Crippen LogP contribution < -0.4 is 5.32 Å². The maximum absolute atomic E-state index is 12.2. The molecular formula is C15H24N2O4. The predicted molar refractivity (Wildman–Crippen MR) is 76.6 cm³/mol. The molecule has 6 heteroatoms. The van der Waals surface area contributed by atoms with Crippen LogP contribution in [-0.4, -0.2) is 46.4 Å². The van der Waals surface area contributed by atoms with Crippen molar-refractivity contribution in [2.45, 2.75) is 57.4 Å². The van der Waals surface area contributed by atoms with Crippen LogP contribution in [0.15, 0.2) is 0 Å². The highest BCUT2D eigenvalue weighted by molar-refractivity contribution is 5.87. The molecule has 0 aromatic carbocycles. The van der Waals surface area contributed by atoms with Crippen LogP contribution in [0.4, 0.5) is 0 Å². The first-order valence-electron chi connectivity index (χ1n) is 7.77. The van der Waals surface area contributed by atoms with Gasteiger partial charge in [-0.25, -0.2) is 4.79 Å². The highest BCUT2D eigenvalue weighted by Gasteiger charge is 2.45. The first-order chi connectivity index (χ1) is 9.95. The third-order valence-corrected chi connectivity index (χ3v) is 4.77. The van der Waals surface area contributed by atoms with E-state index in [1.807, 2.05) is 0 Å². The average Bonchev–Trinajstić information content (AvgIpc) is 3.08. The number of carboxylic acids is 1. The van der Waals surface area contributed by atoms with Crippen molar-refractivity contribution < 1.29 is 19.5 Å². The summed E-state index contributed by atoms with van der Waals surface area (Å²) in [6.45, 7) is 2.37. The third-order valence-electron chi connectivity index (χ3n) is 4.77. The second kappa shape index (κ2) is 6.45. The Hall–Kier alpha value is -1.59. The molecule has 21 heavy (non-hydrogen) atoms. The van der Waals surface area contributed by atoms with Gasteiger partial charge in [-0.3, -0.25) is 9.59 Å². The minimum absolute atomic E-state index is 0.0303. The molecule has 1 aliphatic carbocycles. The van der Waals surface area contributed by atoms with E-state index in [9.17, 15) is 19.5 Å². The number of carboxylic acid groups (broad SMARTS) is 1. The molecule has 118 valence electrons. The number of carbonyl (C=O) groups is 3. The molecule has 6 nitrogen and oxygen atoms in total. The Bertz CT molecular complexity index is 431. The summed E-state index contributed by atoms with van der Waals surface area (Å²) in [6, 6.07) is 0. The number of aliphatic carboxylic acids is 1. The van der Waals surface area contributed by atoms with Crippen molar-refractivity contribution in [2.75, 3.05) is 13.1 Å². The lowest BCUT2D eigenvalue weighted by molar-refractivity contribution is -0.155. The highest BCUT2D eigenvalue weighted by atomic mass is 16.4. The largest absolute Gasteiger partial charge is 0.480 e. The number of likely N-dealkylation sites (tertiary alicyclic amines) is 1. The summed E-state index contributed by atoms with van der Waals surface area (Å²) in [5.41, 5.74) is -1.09. The third kappa shape index (κ3) is 3.36. The van der Waals surface area contributed by atoms with Gasteiger partial charge in [-0.1, -0.05) is 12.8 Å². The van der Waals surface area contributed by atoms with Gasteiger partial charge in [-0.15, -0.1) is 0 Å². The topological polar surface area (TPSA) is 86.7 Å². The van der Waals surface area contributed by atoms with Crippen LogP contribution >= 0.6 is 0 Å². The zero-order valence-corrected chi connectivity index (χ0v) is 12.6. The number of hydrogen-bond donors (Lipinski definition) is 2. The SMILES string of the molecule is CC1(C(=O)O)CCCN1C(=O)CCNC(=O)C1CCCC1. The van der Waals surface area contributed by atoms with E-state index in [0.29, 0.717) is 25.9 Å². The van der Waals surface area contributed by atoms with E-state index in [0.717, 1.165) is 25.7 Å². The number of nitrogens with zero attached hydrogens (tertiary/aromatic N) is 1. The van der Waals surface area contributed by atoms with Gasteiger partial charge in [0.1, 0.15) is 5.54 Å². The van der Waals surface area contributed by atoms with Crippen molar-refractivity contribution in [3.05, 3.63) is 0 Å². The van der Waals surface area contributed by atoms with Crippen LogP contribution in [0.1, 0.15) is 51.9 Å². The molecule has 0 radical (unpaired) electrons. The second-order valence-electron chi connectivity index (χ2n) is 6.25. The molecule has 1 saturated carbocycles. The molecular weight excluding hydrogens is 272 g/mol. The molecule has 2 aliphatic rings. The number of carbonyl (C=O) groups excluding carboxylic acids is 2. The summed E-state index contributed by atoms with van der Waals surface area (Å²) in [7, 11) is 0. The predicted octanol–water partition coefficient (Wildman–Crippen LogP) is 1.15. The molecule has 2 N–H and O–H groups in total. The van der Waals surface area contributed by atoms with Crippen LogP contribution in [-0.2, 0) is 14.4 Å². The molecule has 0 aromatic heterocycles. The lowest BCUT2D eigenvalue weighted by atomic mass is 9.99. The van der Waals surface area contributed by atoms with Crippen molar-refractivity contribution in [3.8, 4) is 0 Å². The summed E-state index contributed by atoms with van der Waals surface area (Å²) < 4.78 is 0. The van der Waals surface area contributed by atoms with Crippen molar-refractivity contribution in [1.82, 2.24) is 10.2 Å². The molecule has 1 saturated heterocycles. The summed E-state index contributed by atoms with van der Waals surface area (Å²) >= 11 is 0. The normalized spacial score (nSPS) is 26.0. The molecule has 0 spiro atoms. The Morgan fingerprint density at radius 2 is 1.90 bits per heavy atom. The highest BCUT2D eigenvalue weighted by Crippen LogP contribution is 2.29. The van der Waals surface area contributed by atoms with E-state index in [4.69, 9.17) is 0 Å². The van der Waals surface area contributed by atoms with Crippen molar-refractivity contribution in [1.29, 1.82) is 0 Å². The lowest BCUT2D eigenvalue weighted by Crippen LogP contribution is -2.51. The zero-order valence-electron chi connectivity index (χ0n) is 12.6. The number of hydrogen-bond acceptors (Lipinski definition) is 3. The van der Waals surface area contributed by atoms with Gasteiger partial charge in [0.2, 0.25) is 11.8 Å². The molecule has 1 heterocycles. The molecule has 0 aromatic rings. The fourth-order valence-electron chi connectivity index (χ4n) is 3.35. The Morgan fingerprint density at radius 1 is 1.24 bits per heavy atom. The zero-order chi connectivity index (χ0) is 15.5. The minimum Gasteiger partial charge on any atom is -0.480 e. The van der Waals surface area contributed by atoms with E-state index >= 15 is 0 Å². The van der Waals surface area contributed by atoms with Crippen molar-refractivity contribution in [3.63, 3.8) is 0 Å². The Morgan fingerprint density at radius 3 is 2.52 bits per heavy atom. The molecule has 1 atom stereocenters. The van der Waals surface area contributed by atoms with Crippen LogP contribution in [0.2, 0.25) is 0 Å². The number of amides is 2. The van der Waals surface area contributed by atoms with E-state index in [-0.39, 0.29) is 24.2 Å². The van der Waals surface area contributed by atoms with Gasteiger partial charge in [0, 0.05) is 25.4 Å². The van der Waals surface area contributed by atoms with Gasteiger partial charge in [-0.2, -0.15) is 0 Å². The first kappa shape index (κ1) is 15.8. The molecule has 2 fully saturated rings. The van der Waals surface area contributed by atoms with Gasteiger partial charge in [0.15, 0.2) is 0 Å². The van der Waals surface area contributed by atoms with Gasteiger partial charge in [0.05, 0.1) is 0 Å². The van der Waals surface area contributed by atoms with E-state index < -0.39 is 11.5 Å². The smallest absolute Gasteiger partial charge is 0.329 e. The monoisotopic (exact) mass is 296 g/mol. The standard InChI is InChI=1S/C15H24N2O4/c1-15(14(20)21)8-4-10-17(15)12(18)7-9-16-13(19)11-5-2-3-6-11/h11H,2-10H2,1H3,(H,16,19)(H,20,21). The lowest BCUT2D eigenvalue weighted by Gasteiger charge is -2.31. The molecule has 0 bridgehead atoms. The van der Waals surface area contributed by atoms with Crippen LogP contribution in [0.5, 0.6) is 0 Å². The van der Waals surface area contributed by atoms with Crippen molar-refractivity contribution in [2.24, 2.45) is 5.92 Å². The number of nitrogens with one attached hydrogen (secondary N) is 1. The number of rotatable bonds is 5. The maximum Gasteiger partial charge on any atom is 0.329 e. The Labute approximate surface area is 124 Å². The first-order valence-corrected chi connectivity index (χ1v) is 7.77. The van der Waals surface area contributed by atoms with E-state index in [2.05, 4.69) is 5.32 Å². The van der Waals surface area contributed by atoms with E-state index in [1.54, 1.807) is 6.92 Å². The Kier molecular flexibility index (Phi) is 4.85. The fraction of sp³-hybridized carbons (Fsp3) is 0.800. The summed E-state index contributed by atoms with van der Waals surface area (Å²) in [6.07, 6.45) is 5.43. The average molecular weight is 296 g/mol. The van der Waals surface area contributed by atoms with Crippen LogP contribution in [0.25, 0.3) is 0 Å². The molecule has 1 unspecified atom stereocenters. The van der Waals surface area contributed by atoms with Gasteiger partial charge < -0.3 is 15.3 Å². The van der Waals surface area contributed by atoms with Gasteiger partial charge >= 0.3 is 5.97 Å². The maximum atomic E-state index is 12.2. The quantitative estimate of drug-likeness (QED) is 0.796. The summed E-state index contributed by atoms with van der Waals surface area (Å²) in [4.78, 5) is 36.8. The molecule has 2 rings (SSSR count). The molecule has 2 amide bonds.